The fourth-order valence-electron chi connectivity index (χ4n) is 2.06. The predicted octanol–water partition coefficient (Wildman–Crippen LogP) is 2.90. The van der Waals surface area contributed by atoms with E-state index in [1.807, 2.05) is 6.07 Å². The van der Waals surface area contributed by atoms with Crippen molar-refractivity contribution >= 4 is 17.6 Å². The standard InChI is InChI=1S/C17H13ClN2O4/c18-14-8-4-5-12(9-14)11-23-15(21)10-20-17(22)24-16(19-20)13-6-2-1-3-7-13/h1-9H,10-11H2. The van der Waals surface area contributed by atoms with Crippen LogP contribution in [0.4, 0.5) is 0 Å². The zero-order chi connectivity index (χ0) is 16.9. The Morgan fingerprint density at radius 3 is 2.71 bits per heavy atom. The first-order valence-corrected chi connectivity index (χ1v) is 7.53. The van der Waals surface area contributed by atoms with Crippen LogP contribution < -0.4 is 5.76 Å². The molecule has 0 bridgehead atoms. The molecule has 3 rings (SSSR count). The number of benzene rings is 2. The average Bonchev–Trinajstić information content (AvgIpc) is 2.95. The molecule has 0 atom stereocenters. The molecule has 0 saturated carbocycles. The van der Waals surface area contributed by atoms with Crippen LogP contribution in [0.3, 0.4) is 0 Å². The number of hydrogen-bond acceptors (Lipinski definition) is 5. The van der Waals surface area contributed by atoms with Crippen molar-refractivity contribution in [2.24, 2.45) is 0 Å². The van der Waals surface area contributed by atoms with Crippen LogP contribution in [-0.4, -0.2) is 15.7 Å². The molecule has 0 unspecified atom stereocenters. The third-order valence-corrected chi connectivity index (χ3v) is 3.43. The molecule has 0 aliphatic carbocycles. The van der Waals surface area contributed by atoms with Crippen molar-refractivity contribution in [2.75, 3.05) is 0 Å². The number of aromatic nitrogens is 2. The minimum Gasteiger partial charge on any atom is -0.459 e. The summed E-state index contributed by atoms with van der Waals surface area (Å²) in [6.07, 6.45) is 0. The van der Waals surface area contributed by atoms with Gasteiger partial charge in [0.25, 0.3) is 0 Å². The van der Waals surface area contributed by atoms with Crippen molar-refractivity contribution in [3.8, 4) is 11.5 Å². The largest absolute Gasteiger partial charge is 0.459 e. The van der Waals surface area contributed by atoms with E-state index in [-0.39, 0.29) is 19.0 Å². The summed E-state index contributed by atoms with van der Waals surface area (Å²) >= 11 is 5.86. The summed E-state index contributed by atoms with van der Waals surface area (Å²) in [4.78, 5) is 23.6. The molecule has 6 nitrogen and oxygen atoms in total. The lowest BCUT2D eigenvalue weighted by atomic mass is 10.2. The van der Waals surface area contributed by atoms with Gasteiger partial charge >= 0.3 is 11.7 Å². The van der Waals surface area contributed by atoms with E-state index in [9.17, 15) is 9.59 Å². The van der Waals surface area contributed by atoms with Crippen LogP contribution in [0.15, 0.2) is 63.8 Å². The van der Waals surface area contributed by atoms with Crippen LogP contribution in [0.5, 0.6) is 0 Å². The number of carbonyl (C=O) groups excluding carboxylic acids is 1. The number of halogens is 1. The molecule has 0 aliphatic rings. The minimum absolute atomic E-state index is 0.0670. The molecular weight excluding hydrogens is 332 g/mol. The Morgan fingerprint density at radius 1 is 1.17 bits per heavy atom. The Labute approximate surface area is 142 Å². The van der Waals surface area contributed by atoms with E-state index >= 15 is 0 Å². The number of ether oxygens (including phenoxy) is 1. The third kappa shape index (κ3) is 3.91. The lowest BCUT2D eigenvalue weighted by molar-refractivity contribution is -0.146. The number of hydrogen-bond donors (Lipinski definition) is 0. The molecule has 122 valence electrons. The van der Waals surface area contributed by atoms with Gasteiger partial charge in [-0.3, -0.25) is 4.79 Å². The van der Waals surface area contributed by atoms with Gasteiger partial charge in [-0.2, -0.15) is 4.68 Å². The fraction of sp³-hybridized carbons (Fsp3) is 0.118. The number of rotatable bonds is 5. The molecular formula is C17H13ClN2O4. The second kappa shape index (κ2) is 7.14. The van der Waals surface area contributed by atoms with Crippen LogP contribution in [0.1, 0.15) is 5.56 Å². The molecule has 0 aliphatic heterocycles. The Kier molecular flexibility index (Phi) is 4.77. The lowest BCUT2D eigenvalue weighted by Gasteiger charge is -2.04. The first kappa shape index (κ1) is 16.0. The molecule has 7 heteroatoms. The summed E-state index contributed by atoms with van der Waals surface area (Å²) in [7, 11) is 0. The van der Waals surface area contributed by atoms with Crippen molar-refractivity contribution in [2.45, 2.75) is 13.2 Å². The topological polar surface area (TPSA) is 74.3 Å². The molecule has 3 aromatic rings. The van der Waals surface area contributed by atoms with Gasteiger partial charge in [0, 0.05) is 10.6 Å². The van der Waals surface area contributed by atoms with Crippen LogP contribution in [0.25, 0.3) is 11.5 Å². The number of carbonyl (C=O) groups is 1. The van der Waals surface area contributed by atoms with Crippen LogP contribution in [-0.2, 0) is 22.7 Å². The molecule has 0 fully saturated rings. The normalized spacial score (nSPS) is 10.5. The van der Waals surface area contributed by atoms with Gasteiger partial charge in [-0.15, -0.1) is 5.10 Å². The van der Waals surface area contributed by atoms with Crippen molar-refractivity contribution in [3.05, 3.63) is 75.7 Å². The Balaban J connectivity index is 1.64. The van der Waals surface area contributed by atoms with E-state index in [0.29, 0.717) is 10.6 Å². The fourth-order valence-corrected chi connectivity index (χ4v) is 2.27. The van der Waals surface area contributed by atoms with Gasteiger partial charge in [0.15, 0.2) is 0 Å². The Morgan fingerprint density at radius 2 is 1.96 bits per heavy atom. The maximum atomic E-state index is 11.9. The maximum absolute atomic E-state index is 11.9. The average molecular weight is 345 g/mol. The first-order valence-electron chi connectivity index (χ1n) is 7.15. The van der Waals surface area contributed by atoms with Crippen LogP contribution >= 0.6 is 11.6 Å². The quantitative estimate of drug-likeness (QED) is 0.665. The highest BCUT2D eigenvalue weighted by atomic mass is 35.5. The Bertz CT molecular complexity index is 902. The zero-order valence-electron chi connectivity index (χ0n) is 12.5. The summed E-state index contributed by atoms with van der Waals surface area (Å²) in [5, 5.41) is 4.56. The molecule has 0 saturated heterocycles. The summed E-state index contributed by atoms with van der Waals surface area (Å²) in [6, 6.07) is 15.9. The molecule has 0 N–H and O–H groups in total. The van der Waals surface area contributed by atoms with E-state index in [0.717, 1.165) is 10.2 Å². The highest BCUT2D eigenvalue weighted by Crippen LogP contribution is 2.14. The van der Waals surface area contributed by atoms with E-state index in [1.54, 1.807) is 48.5 Å². The monoisotopic (exact) mass is 344 g/mol. The van der Waals surface area contributed by atoms with Gasteiger partial charge in [0.2, 0.25) is 5.89 Å². The van der Waals surface area contributed by atoms with Crippen molar-refractivity contribution in [3.63, 3.8) is 0 Å². The molecule has 1 heterocycles. The van der Waals surface area contributed by atoms with Gasteiger partial charge in [-0.25, -0.2) is 4.79 Å². The molecule has 0 spiro atoms. The SMILES string of the molecule is O=C(Cn1nc(-c2ccccc2)oc1=O)OCc1cccc(Cl)c1. The summed E-state index contributed by atoms with van der Waals surface area (Å²) in [5.41, 5.74) is 1.41. The van der Waals surface area contributed by atoms with Gasteiger partial charge in [-0.1, -0.05) is 41.9 Å². The lowest BCUT2D eigenvalue weighted by Crippen LogP contribution is -2.22. The van der Waals surface area contributed by atoms with Gasteiger partial charge in [-0.05, 0) is 29.8 Å². The minimum atomic E-state index is -0.714. The second-order valence-corrected chi connectivity index (χ2v) is 5.42. The van der Waals surface area contributed by atoms with Crippen molar-refractivity contribution in [1.29, 1.82) is 0 Å². The summed E-state index contributed by atoms with van der Waals surface area (Å²) in [6.45, 7) is -0.257. The second-order valence-electron chi connectivity index (χ2n) is 4.99. The smallest absolute Gasteiger partial charge is 0.437 e. The molecule has 0 amide bonds. The van der Waals surface area contributed by atoms with Crippen LogP contribution in [0, 0.1) is 0 Å². The maximum Gasteiger partial charge on any atom is 0.437 e. The Hall–Kier alpha value is -2.86. The van der Waals surface area contributed by atoms with Gasteiger partial charge in [0.1, 0.15) is 13.2 Å². The highest BCUT2D eigenvalue weighted by molar-refractivity contribution is 6.30. The summed E-state index contributed by atoms with van der Waals surface area (Å²) < 4.78 is 11.1. The zero-order valence-corrected chi connectivity index (χ0v) is 13.3. The van der Waals surface area contributed by atoms with E-state index in [1.165, 1.54) is 0 Å². The van der Waals surface area contributed by atoms with Crippen molar-refractivity contribution < 1.29 is 13.9 Å². The number of nitrogens with zero attached hydrogens (tertiary/aromatic N) is 2. The van der Waals surface area contributed by atoms with Crippen molar-refractivity contribution in [1.82, 2.24) is 9.78 Å². The number of esters is 1. The molecule has 0 radical (unpaired) electrons. The van der Waals surface area contributed by atoms with E-state index in [2.05, 4.69) is 5.10 Å². The van der Waals surface area contributed by atoms with Crippen LogP contribution in [0.2, 0.25) is 5.02 Å². The predicted molar refractivity (Wildman–Crippen MR) is 87.4 cm³/mol. The molecule has 1 aromatic heterocycles. The van der Waals surface area contributed by atoms with Gasteiger partial charge in [0.05, 0.1) is 0 Å². The third-order valence-electron chi connectivity index (χ3n) is 3.19. The highest BCUT2D eigenvalue weighted by Gasteiger charge is 2.14. The molecule has 24 heavy (non-hydrogen) atoms. The first-order chi connectivity index (χ1) is 11.6. The van der Waals surface area contributed by atoms with E-state index in [4.69, 9.17) is 20.8 Å². The van der Waals surface area contributed by atoms with E-state index < -0.39 is 11.7 Å². The summed E-state index contributed by atoms with van der Waals surface area (Å²) in [5.74, 6) is -1.15. The molecule has 2 aromatic carbocycles. The van der Waals surface area contributed by atoms with Gasteiger partial charge < -0.3 is 9.15 Å².